The molecule has 118 valence electrons. The van der Waals surface area contributed by atoms with Gasteiger partial charge in [-0.2, -0.15) is 0 Å². The fourth-order valence-electron chi connectivity index (χ4n) is 2.96. The second kappa shape index (κ2) is 6.18. The Morgan fingerprint density at radius 2 is 1.81 bits per heavy atom. The third kappa shape index (κ3) is 3.84. The third-order valence-electron chi connectivity index (χ3n) is 4.56. The minimum atomic E-state index is -0.411. The largest absolute Gasteiger partial charge is 0.401 e. The Kier molecular flexibility index (Phi) is 4.71. The number of imide groups is 1. The van der Waals surface area contributed by atoms with Crippen LogP contribution in [0.3, 0.4) is 0 Å². The number of nitrogens with one attached hydrogen (secondary N) is 1. The smallest absolute Gasteiger partial charge is 0.252 e. The van der Waals surface area contributed by atoms with Crippen LogP contribution in [0.25, 0.3) is 0 Å². The Morgan fingerprint density at radius 1 is 1.19 bits per heavy atom. The summed E-state index contributed by atoms with van der Waals surface area (Å²) in [4.78, 5) is 26.3. The highest BCUT2D eigenvalue weighted by atomic mass is 16.2. The van der Waals surface area contributed by atoms with Gasteiger partial charge in [-0.25, -0.2) is 0 Å². The van der Waals surface area contributed by atoms with Crippen LogP contribution in [0.15, 0.2) is 11.8 Å². The third-order valence-corrected chi connectivity index (χ3v) is 4.56. The number of likely N-dealkylation sites (tertiary alicyclic amines) is 1. The van der Waals surface area contributed by atoms with Crippen molar-refractivity contribution in [1.82, 2.24) is 10.2 Å². The fourth-order valence-corrected chi connectivity index (χ4v) is 2.96. The maximum absolute atomic E-state index is 12.2. The van der Waals surface area contributed by atoms with Gasteiger partial charge in [0.05, 0.1) is 6.04 Å². The number of allylic oxidation sites excluding steroid dienone is 1. The van der Waals surface area contributed by atoms with Crippen LogP contribution < -0.4 is 11.1 Å². The van der Waals surface area contributed by atoms with Crippen LogP contribution in [0.1, 0.15) is 52.9 Å². The maximum Gasteiger partial charge on any atom is 0.252 e. The first-order chi connectivity index (χ1) is 9.79. The summed E-state index contributed by atoms with van der Waals surface area (Å²) >= 11 is 0. The molecule has 0 bridgehead atoms. The van der Waals surface area contributed by atoms with Crippen molar-refractivity contribution in [2.24, 2.45) is 11.1 Å². The van der Waals surface area contributed by atoms with Gasteiger partial charge in [-0.1, -0.05) is 33.6 Å². The summed E-state index contributed by atoms with van der Waals surface area (Å²) in [5, 5.41) is 2.46. The standard InChI is InChI=1S/C16H27N3O2/c1-16(2,3)13(17)10-14(20)18-15(21)12-8-9-19(12)11-6-4-5-7-11/h10-12H,4-9,17H2,1-3H3,(H,18,20,21)/t12-/m0/s1. The predicted molar refractivity (Wildman–Crippen MR) is 82.2 cm³/mol. The van der Waals surface area contributed by atoms with Crippen molar-refractivity contribution in [2.45, 2.75) is 65.0 Å². The van der Waals surface area contributed by atoms with Crippen molar-refractivity contribution in [1.29, 1.82) is 0 Å². The monoisotopic (exact) mass is 293 g/mol. The van der Waals surface area contributed by atoms with Crippen LogP contribution in [0.2, 0.25) is 0 Å². The summed E-state index contributed by atoms with van der Waals surface area (Å²) in [5.74, 6) is -0.596. The highest BCUT2D eigenvalue weighted by Crippen LogP contribution is 2.30. The van der Waals surface area contributed by atoms with Gasteiger partial charge in [0, 0.05) is 29.8 Å². The highest BCUT2D eigenvalue weighted by Gasteiger charge is 2.39. The molecule has 0 unspecified atom stereocenters. The molecule has 5 heteroatoms. The molecule has 1 aliphatic heterocycles. The van der Waals surface area contributed by atoms with E-state index in [1.807, 2.05) is 20.8 Å². The van der Waals surface area contributed by atoms with E-state index in [2.05, 4.69) is 10.2 Å². The molecule has 0 radical (unpaired) electrons. The van der Waals surface area contributed by atoms with Crippen LogP contribution in [0.5, 0.6) is 0 Å². The van der Waals surface area contributed by atoms with Crippen molar-refractivity contribution in [2.75, 3.05) is 6.54 Å². The van der Waals surface area contributed by atoms with Crippen molar-refractivity contribution in [3.05, 3.63) is 11.8 Å². The van der Waals surface area contributed by atoms with E-state index in [0.717, 1.165) is 13.0 Å². The van der Waals surface area contributed by atoms with Gasteiger partial charge in [0.1, 0.15) is 0 Å². The lowest BCUT2D eigenvalue weighted by Crippen LogP contribution is -2.59. The van der Waals surface area contributed by atoms with E-state index < -0.39 is 5.91 Å². The number of nitrogens with two attached hydrogens (primary N) is 1. The Balaban J connectivity index is 1.88. The fraction of sp³-hybridized carbons (Fsp3) is 0.750. The van der Waals surface area contributed by atoms with E-state index in [9.17, 15) is 9.59 Å². The molecule has 21 heavy (non-hydrogen) atoms. The first-order valence-corrected chi connectivity index (χ1v) is 7.87. The van der Waals surface area contributed by atoms with E-state index in [-0.39, 0.29) is 17.4 Å². The minimum absolute atomic E-state index is 0.138. The second-order valence-electron chi connectivity index (χ2n) is 7.18. The minimum Gasteiger partial charge on any atom is -0.401 e. The lowest BCUT2D eigenvalue weighted by Gasteiger charge is -2.43. The Hall–Kier alpha value is -1.36. The van der Waals surface area contributed by atoms with Gasteiger partial charge >= 0.3 is 0 Å². The van der Waals surface area contributed by atoms with E-state index in [0.29, 0.717) is 11.7 Å². The first-order valence-electron chi connectivity index (χ1n) is 7.87. The number of nitrogens with zero attached hydrogens (tertiary/aromatic N) is 1. The summed E-state index contributed by atoms with van der Waals surface area (Å²) in [6.07, 6.45) is 7.02. The van der Waals surface area contributed by atoms with Gasteiger partial charge < -0.3 is 5.73 Å². The van der Waals surface area contributed by atoms with Crippen LogP contribution in [-0.2, 0) is 9.59 Å². The van der Waals surface area contributed by atoms with Crippen LogP contribution in [0.4, 0.5) is 0 Å². The molecule has 5 nitrogen and oxygen atoms in total. The van der Waals surface area contributed by atoms with E-state index in [1.54, 1.807) is 0 Å². The maximum atomic E-state index is 12.2. The lowest BCUT2D eigenvalue weighted by atomic mass is 9.92. The number of carbonyl (C=O) groups excluding carboxylic acids is 2. The highest BCUT2D eigenvalue weighted by molar-refractivity contribution is 6.03. The van der Waals surface area contributed by atoms with Gasteiger partial charge in [0.25, 0.3) is 5.91 Å². The topological polar surface area (TPSA) is 75.4 Å². The first kappa shape index (κ1) is 16.0. The summed E-state index contributed by atoms with van der Waals surface area (Å²) in [6, 6.07) is 0.390. The van der Waals surface area contributed by atoms with Gasteiger partial charge in [0.2, 0.25) is 5.91 Å². The predicted octanol–water partition coefficient (Wildman–Crippen LogP) is 1.53. The quantitative estimate of drug-likeness (QED) is 0.774. The molecule has 0 aromatic rings. The molecular formula is C16H27N3O2. The number of amides is 2. The Bertz CT molecular complexity index is 445. The molecular weight excluding hydrogens is 266 g/mol. The molecule has 1 atom stereocenters. The molecule has 1 saturated heterocycles. The molecule has 2 rings (SSSR count). The van der Waals surface area contributed by atoms with E-state index in [4.69, 9.17) is 5.73 Å². The van der Waals surface area contributed by atoms with Gasteiger partial charge in [-0.05, 0) is 19.3 Å². The summed E-state index contributed by atoms with van der Waals surface area (Å²) in [7, 11) is 0. The van der Waals surface area contributed by atoms with Gasteiger partial charge in [-0.15, -0.1) is 0 Å². The average Bonchev–Trinajstić information content (AvgIpc) is 2.78. The van der Waals surface area contributed by atoms with Crippen molar-refractivity contribution >= 4 is 11.8 Å². The van der Waals surface area contributed by atoms with E-state index in [1.165, 1.54) is 31.8 Å². The van der Waals surface area contributed by atoms with Crippen molar-refractivity contribution in [3.8, 4) is 0 Å². The number of hydrogen-bond acceptors (Lipinski definition) is 4. The summed E-state index contributed by atoms with van der Waals surface area (Å²) in [6.45, 7) is 6.77. The number of hydrogen-bond donors (Lipinski definition) is 2. The molecule has 2 amide bonds. The van der Waals surface area contributed by atoms with Crippen LogP contribution in [-0.4, -0.2) is 35.3 Å². The molecule has 0 spiro atoms. The molecule has 1 heterocycles. The lowest BCUT2D eigenvalue weighted by molar-refractivity contribution is -0.136. The molecule has 0 aromatic carbocycles. The molecule has 0 aromatic heterocycles. The summed E-state index contributed by atoms with van der Waals surface area (Å²) in [5.41, 5.74) is 6.06. The van der Waals surface area contributed by atoms with Crippen LogP contribution in [0, 0.1) is 5.41 Å². The second-order valence-corrected chi connectivity index (χ2v) is 7.18. The molecule has 2 fully saturated rings. The molecule has 1 aliphatic carbocycles. The van der Waals surface area contributed by atoms with E-state index >= 15 is 0 Å². The summed E-state index contributed by atoms with van der Waals surface area (Å²) < 4.78 is 0. The number of carbonyl (C=O) groups is 2. The van der Waals surface area contributed by atoms with Crippen molar-refractivity contribution < 1.29 is 9.59 Å². The zero-order valence-electron chi connectivity index (χ0n) is 13.3. The average molecular weight is 293 g/mol. The van der Waals surface area contributed by atoms with Gasteiger partial charge in [0.15, 0.2) is 0 Å². The van der Waals surface area contributed by atoms with Crippen molar-refractivity contribution in [3.63, 3.8) is 0 Å². The molecule has 2 aliphatic rings. The molecule has 3 N–H and O–H groups in total. The number of rotatable bonds is 3. The zero-order valence-corrected chi connectivity index (χ0v) is 13.3. The molecule has 1 saturated carbocycles. The Labute approximate surface area is 126 Å². The SMILES string of the molecule is CC(C)(C)C(N)=CC(=O)NC(=O)[C@@H]1CCN1C1CCCC1. The zero-order chi connectivity index (χ0) is 15.6. The van der Waals surface area contributed by atoms with Gasteiger partial charge in [-0.3, -0.25) is 19.8 Å². The Morgan fingerprint density at radius 3 is 2.29 bits per heavy atom. The normalized spacial score (nSPS) is 24.7. The van der Waals surface area contributed by atoms with Crippen LogP contribution >= 0.6 is 0 Å².